The van der Waals surface area contributed by atoms with Gasteiger partial charge in [0.25, 0.3) is 0 Å². The quantitative estimate of drug-likeness (QED) is 0.855. The Morgan fingerprint density at radius 1 is 1.47 bits per heavy atom. The van der Waals surface area contributed by atoms with Crippen LogP contribution in [0.5, 0.6) is 0 Å². The van der Waals surface area contributed by atoms with Gasteiger partial charge in [-0.15, -0.1) is 0 Å². The number of nitrogens with one attached hydrogen (secondary N) is 1. The van der Waals surface area contributed by atoms with Gasteiger partial charge in [-0.2, -0.15) is 0 Å². The molecule has 0 bridgehead atoms. The molecule has 1 N–H and O–H groups in total. The molecule has 1 fully saturated rings. The Bertz CT molecular complexity index is 560. The molecule has 2 heterocycles. The van der Waals surface area contributed by atoms with Crippen molar-refractivity contribution in [1.29, 1.82) is 0 Å². The molecule has 19 heavy (non-hydrogen) atoms. The fourth-order valence-electron chi connectivity index (χ4n) is 2.59. The maximum Gasteiger partial charge on any atom is 0.317 e. The summed E-state index contributed by atoms with van der Waals surface area (Å²) in [5, 5.41) is 2.67. The molecule has 0 aliphatic carbocycles. The molecule has 5 heteroatoms. The van der Waals surface area contributed by atoms with Crippen LogP contribution in [0.2, 0.25) is 0 Å². The number of oxazole rings is 1. The average molecular weight is 259 g/mol. The number of hydrogen-bond donors (Lipinski definition) is 1. The summed E-state index contributed by atoms with van der Waals surface area (Å²) in [5.74, 6) is 0.938. The number of benzene rings is 1. The smallest absolute Gasteiger partial charge is 0.317 e. The molecule has 1 aliphatic heterocycles. The van der Waals surface area contributed by atoms with Crippen LogP contribution in [0.25, 0.3) is 11.1 Å². The van der Waals surface area contributed by atoms with Gasteiger partial charge in [-0.1, -0.05) is 12.1 Å². The largest absolute Gasteiger partial charge is 0.440 e. The van der Waals surface area contributed by atoms with Crippen LogP contribution in [-0.2, 0) is 0 Å². The molecule has 0 spiro atoms. The molecule has 0 saturated carbocycles. The summed E-state index contributed by atoms with van der Waals surface area (Å²) >= 11 is 0. The molecule has 1 aliphatic rings. The van der Waals surface area contributed by atoms with Gasteiger partial charge in [0, 0.05) is 20.1 Å². The Morgan fingerprint density at radius 2 is 2.32 bits per heavy atom. The minimum atomic E-state index is -0.0270. The molecule has 0 unspecified atom stereocenters. The minimum Gasteiger partial charge on any atom is -0.440 e. The number of rotatable bonds is 1. The Morgan fingerprint density at radius 3 is 3.11 bits per heavy atom. The summed E-state index contributed by atoms with van der Waals surface area (Å²) in [7, 11) is 1.66. The number of aromatic nitrogens is 1. The summed E-state index contributed by atoms with van der Waals surface area (Å²) < 4.78 is 5.80. The Labute approximate surface area is 111 Å². The monoisotopic (exact) mass is 259 g/mol. The maximum absolute atomic E-state index is 11.7. The standard InChI is InChI=1S/C14H17N3O2/c1-15-14(18)17-8-4-5-10(9-17)13-16-11-6-2-3-7-12(11)19-13/h2-3,6-7,10H,4-5,8-9H2,1H3,(H,15,18)/t10-/m0/s1. The number of likely N-dealkylation sites (tertiary alicyclic amines) is 1. The van der Waals surface area contributed by atoms with E-state index in [-0.39, 0.29) is 11.9 Å². The highest BCUT2D eigenvalue weighted by Gasteiger charge is 2.27. The van der Waals surface area contributed by atoms with E-state index >= 15 is 0 Å². The molecule has 100 valence electrons. The summed E-state index contributed by atoms with van der Waals surface area (Å²) in [6.07, 6.45) is 2.00. The van der Waals surface area contributed by atoms with Gasteiger partial charge in [0.05, 0.1) is 5.92 Å². The second-order valence-electron chi connectivity index (χ2n) is 4.86. The number of hydrogen-bond acceptors (Lipinski definition) is 3. The van der Waals surface area contributed by atoms with Crippen LogP contribution in [0, 0.1) is 0 Å². The maximum atomic E-state index is 11.7. The van der Waals surface area contributed by atoms with Gasteiger partial charge in [-0.25, -0.2) is 9.78 Å². The van der Waals surface area contributed by atoms with Crippen LogP contribution < -0.4 is 5.32 Å². The van der Waals surface area contributed by atoms with Crippen molar-refractivity contribution in [2.45, 2.75) is 18.8 Å². The predicted octanol–water partition coefficient (Wildman–Crippen LogP) is 2.35. The molecule has 1 saturated heterocycles. The third-order valence-electron chi connectivity index (χ3n) is 3.58. The summed E-state index contributed by atoms with van der Waals surface area (Å²) in [6.45, 7) is 1.48. The first-order chi connectivity index (χ1) is 9.28. The number of carbonyl (C=O) groups excluding carboxylic acids is 1. The van der Waals surface area contributed by atoms with Gasteiger partial charge in [0.15, 0.2) is 11.5 Å². The molecule has 3 rings (SSSR count). The lowest BCUT2D eigenvalue weighted by atomic mass is 9.98. The van der Waals surface area contributed by atoms with Crippen molar-refractivity contribution in [2.24, 2.45) is 0 Å². The van der Waals surface area contributed by atoms with E-state index in [9.17, 15) is 4.79 Å². The fraction of sp³-hybridized carbons (Fsp3) is 0.429. The second kappa shape index (κ2) is 4.91. The number of piperidine rings is 1. The van der Waals surface area contributed by atoms with Crippen LogP contribution >= 0.6 is 0 Å². The van der Waals surface area contributed by atoms with Gasteiger partial charge in [0.2, 0.25) is 0 Å². The van der Waals surface area contributed by atoms with Crippen LogP contribution in [-0.4, -0.2) is 36.1 Å². The van der Waals surface area contributed by atoms with Gasteiger partial charge >= 0.3 is 6.03 Å². The SMILES string of the molecule is CNC(=O)N1CCC[C@H](c2nc3ccccc3o2)C1. The molecular formula is C14H17N3O2. The molecule has 2 amide bonds. The highest BCUT2D eigenvalue weighted by atomic mass is 16.3. The topological polar surface area (TPSA) is 58.4 Å². The number of urea groups is 1. The van der Waals surface area contributed by atoms with Gasteiger partial charge < -0.3 is 14.6 Å². The summed E-state index contributed by atoms with van der Waals surface area (Å²) in [5.41, 5.74) is 1.70. The van der Waals surface area contributed by atoms with Crippen LogP contribution in [0.15, 0.2) is 28.7 Å². The van der Waals surface area contributed by atoms with Crippen molar-refractivity contribution in [3.8, 4) is 0 Å². The molecule has 1 atom stereocenters. The molecule has 2 aromatic rings. The Hall–Kier alpha value is -2.04. The van der Waals surface area contributed by atoms with Crippen molar-refractivity contribution in [3.63, 3.8) is 0 Å². The molecule has 5 nitrogen and oxygen atoms in total. The molecule has 0 radical (unpaired) electrons. The number of para-hydroxylation sites is 2. The van der Waals surface area contributed by atoms with Crippen molar-refractivity contribution in [2.75, 3.05) is 20.1 Å². The van der Waals surface area contributed by atoms with Crippen LogP contribution in [0.1, 0.15) is 24.7 Å². The molecule has 1 aromatic heterocycles. The lowest BCUT2D eigenvalue weighted by Gasteiger charge is -2.30. The zero-order valence-electron chi connectivity index (χ0n) is 10.9. The second-order valence-corrected chi connectivity index (χ2v) is 4.86. The van der Waals surface area contributed by atoms with Gasteiger partial charge in [0.1, 0.15) is 5.52 Å². The predicted molar refractivity (Wildman–Crippen MR) is 72.0 cm³/mol. The van der Waals surface area contributed by atoms with E-state index in [1.165, 1.54) is 0 Å². The lowest BCUT2D eigenvalue weighted by Crippen LogP contribution is -2.43. The minimum absolute atomic E-state index is 0.0270. The summed E-state index contributed by atoms with van der Waals surface area (Å²) in [6, 6.07) is 7.73. The first kappa shape index (κ1) is 12.0. The van der Waals surface area contributed by atoms with E-state index in [2.05, 4.69) is 10.3 Å². The number of nitrogens with zero attached hydrogens (tertiary/aromatic N) is 2. The van der Waals surface area contributed by atoms with Crippen LogP contribution in [0.4, 0.5) is 4.79 Å². The first-order valence-corrected chi connectivity index (χ1v) is 6.60. The van der Waals surface area contributed by atoms with E-state index in [0.29, 0.717) is 6.54 Å². The van der Waals surface area contributed by atoms with E-state index in [0.717, 1.165) is 36.4 Å². The molecular weight excluding hydrogens is 242 g/mol. The van der Waals surface area contributed by atoms with Gasteiger partial charge in [-0.05, 0) is 25.0 Å². The van der Waals surface area contributed by atoms with E-state index < -0.39 is 0 Å². The zero-order chi connectivity index (χ0) is 13.2. The Balaban J connectivity index is 1.83. The van der Waals surface area contributed by atoms with E-state index in [4.69, 9.17) is 4.42 Å². The Kier molecular flexibility index (Phi) is 3.11. The van der Waals surface area contributed by atoms with Crippen molar-refractivity contribution >= 4 is 17.1 Å². The highest BCUT2D eigenvalue weighted by molar-refractivity contribution is 5.74. The lowest BCUT2D eigenvalue weighted by molar-refractivity contribution is 0.177. The summed E-state index contributed by atoms with van der Waals surface area (Å²) in [4.78, 5) is 18.0. The van der Waals surface area contributed by atoms with Crippen molar-refractivity contribution in [1.82, 2.24) is 15.2 Å². The first-order valence-electron chi connectivity index (χ1n) is 6.60. The van der Waals surface area contributed by atoms with Crippen molar-refractivity contribution < 1.29 is 9.21 Å². The van der Waals surface area contributed by atoms with Gasteiger partial charge in [-0.3, -0.25) is 0 Å². The number of amides is 2. The van der Waals surface area contributed by atoms with Crippen LogP contribution in [0.3, 0.4) is 0 Å². The third kappa shape index (κ3) is 2.28. The van der Waals surface area contributed by atoms with Crippen molar-refractivity contribution in [3.05, 3.63) is 30.2 Å². The average Bonchev–Trinajstić information content (AvgIpc) is 2.90. The zero-order valence-corrected chi connectivity index (χ0v) is 10.9. The van der Waals surface area contributed by atoms with E-state index in [1.54, 1.807) is 7.05 Å². The molecule has 1 aromatic carbocycles. The number of carbonyl (C=O) groups is 1. The van der Waals surface area contributed by atoms with E-state index in [1.807, 2.05) is 29.2 Å². The third-order valence-corrected chi connectivity index (χ3v) is 3.58. The number of fused-ring (bicyclic) bond motifs is 1. The fourth-order valence-corrected chi connectivity index (χ4v) is 2.59. The highest BCUT2D eigenvalue weighted by Crippen LogP contribution is 2.28. The normalized spacial score (nSPS) is 19.6.